The molecule has 0 saturated heterocycles. The van der Waals surface area contributed by atoms with Crippen LogP contribution in [0.5, 0.6) is 0 Å². The molecule has 0 fully saturated rings. The molecule has 2 rings (SSSR count). The van der Waals surface area contributed by atoms with Crippen LogP contribution in [0.4, 0.5) is 5.69 Å². The molecule has 0 N–H and O–H groups in total. The van der Waals surface area contributed by atoms with Crippen LogP contribution < -0.4 is 4.90 Å². The van der Waals surface area contributed by atoms with Gasteiger partial charge in [0.15, 0.2) is 0 Å². The number of benzene rings is 1. The molecule has 0 atom stereocenters. The molecule has 0 amide bonds. The quantitative estimate of drug-likeness (QED) is 0.439. The standard InChI is InChI=1S/C14H13N3S/c1-17-12(9-14(18-2)16-10-15)8-7-11-5-3-4-6-13(11)17/h3-9H,1-2H3. The van der Waals surface area contributed by atoms with Gasteiger partial charge < -0.3 is 4.90 Å². The molecule has 0 unspecified atom stereocenters. The number of hydrogen-bond donors (Lipinski definition) is 0. The van der Waals surface area contributed by atoms with Gasteiger partial charge in [-0.1, -0.05) is 24.3 Å². The molecule has 1 aliphatic rings. The fraction of sp³-hybridized carbons (Fsp3) is 0.143. The van der Waals surface area contributed by atoms with Gasteiger partial charge in [0.1, 0.15) is 5.04 Å². The third-order valence-corrected chi connectivity index (χ3v) is 3.39. The molecule has 0 aliphatic carbocycles. The lowest BCUT2D eigenvalue weighted by molar-refractivity contribution is 1.13. The van der Waals surface area contributed by atoms with Gasteiger partial charge in [-0.15, -0.1) is 11.8 Å². The van der Waals surface area contributed by atoms with E-state index in [1.54, 1.807) is 0 Å². The predicted octanol–water partition coefficient (Wildman–Crippen LogP) is 3.28. The van der Waals surface area contributed by atoms with Crippen molar-refractivity contribution < 1.29 is 0 Å². The lowest BCUT2D eigenvalue weighted by Crippen LogP contribution is -2.19. The molecule has 0 spiro atoms. The molecule has 0 saturated carbocycles. The van der Waals surface area contributed by atoms with Crippen LogP contribution in [-0.2, 0) is 0 Å². The van der Waals surface area contributed by atoms with Gasteiger partial charge >= 0.3 is 0 Å². The normalized spacial score (nSPS) is 16.6. The van der Waals surface area contributed by atoms with E-state index in [-0.39, 0.29) is 0 Å². The zero-order valence-corrected chi connectivity index (χ0v) is 11.1. The van der Waals surface area contributed by atoms with Crippen molar-refractivity contribution in [3.05, 3.63) is 47.7 Å². The summed E-state index contributed by atoms with van der Waals surface area (Å²) < 4.78 is 0. The predicted molar refractivity (Wildman–Crippen MR) is 78.5 cm³/mol. The zero-order chi connectivity index (χ0) is 13.0. The van der Waals surface area contributed by atoms with Crippen LogP contribution >= 0.6 is 11.8 Å². The second kappa shape index (κ2) is 5.56. The molecule has 1 heterocycles. The van der Waals surface area contributed by atoms with Gasteiger partial charge in [0, 0.05) is 18.4 Å². The van der Waals surface area contributed by atoms with Crippen LogP contribution in [0, 0.1) is 11.5 Å². The number of para-hydroxylation sites is 1. The third kappa shape index (κ3) is 2.47. The van der Waals surface area contributed by atoms with Gasteiger partial charge in [-0.25, -0.2) is 0 Å². The zero-order valence-electron chi connectivity index (χ0n) is 10.3. The fourth-order valence-corrected chi connectivity index (χ4v) is 2.19. The van der Waals surface area contributed by atoms with E-state index in [0.717, 1.165) is 11.4 Å². The number of rotatable bonds is 1. The highest BCUT2D eigenvalue weighted by atomic mass is 32.2. The summed E-state index contributed by atoms with van der Waals surface area (Å²) in [5.74, 6) is 0. The van der Waals surface area contributed by atoms with Gasteiger partial charge in [-0.2, -0.15) is 10.3 Å². The Bertz CT molecular complexity index is 579. The van der Waals surface area contributed by atoms with Crippen molar-refractivity contribution in [1.82, 2.24) is 0 Å². The summed E-state index contributed by atoms with van der Waals surface area (Å²) in [5, 5.41) is 9.32. The molecular weight excluding hydrogens is 242 g/mol. The molecule has 18 heavy (non-hydrogen) atoms. The van der Waals surface area contributed by atoms with Crippen molar-refractivity contribution in [2.45, 2.75) is 0 Å². The van der Waals surface area contributed by atoms with Gasteiger partial charge in [0.25, 0.3) is 0 Å². The van der Waals surface area contributed by atoms with Gasteiger partial charge in [0.05, 0.1) is 0 Å². The molecule has 0 radical (unpaired) electrons. The lowest BCUT2D eigenvalue weighted by atomic mass is 10.1. The minimum Gasteiger partial charge on any atom is -0.344 e. The van der Waals surface area contributed by atoms with Crippen LogP contribution in [0.1, 0.15) is 5.56 Å². The van der Waals surface area contributed by atoms with E-state index in [2.05, 4.69) is 28.1 Å². The maximum Gasteiger partial charge on any atom is 0.206 e. The Morgan fingerprint density at radius 3 is 2.89 bits per heavy atom. The summed E-state index contributed by atoms with van der Waals surface area (Å²) in [5.41, 5.74) is 3.38. The summed E-state index contributed by atoms with van der Waals surface area (Å²) >= 11 is 1.46. The molecular formula is C14H13N3S. The monoisotopic (exact) mass is 255 g/mol. The highest BCUT2D eigenvalue weighted by Crippen LogP contribution is 2.29. The van der Waals surface area contributed by atoms with Gasteiger partial charge in [-0.3, -0.25) is 0 Å². The number of nitriles is 1. The first-order valence-corrected chi connectivity index (χ1v) is 6.72. The minimum absolute atomic E-state index is 0.711. The van der Waals surface area contributed by atoms with E-state index in [1.165, 1.54) is 17.3 Å². The number of fused-ring (bicyclic) bond motifs is 1. The molecule has 90 valence electrons. The first-order valence-electron chi connectivity index (χ1n) is 5.49. The van der Waals surface area contributed by atoms with Crippen LogP contribution in [0.25, 0.3) is 6.08 Å². The Hall–Kier alpha value is -1.99. The van der Waals surface area contributed by atoms with Crippen molar-refractivity contribution in [3.63, 3.8) is 0 Å². The second-order valence-electron chi connectivity index (χ2n) is 3.77. The van der Waals surface area contributed by atoms with E-state index in [1.807, 2.05) is 43.8 Å². The minimum atomic E-state index is 0.711. The van der Waals surface area contributed by atoms with Gasteiger partial charge in [0.2, 0.25) is 6.19 Å². The lowest BCUT2D eigenvalue weighted by Gasteiger charge is -2.26. The Morgan fingerprint density at radius 1 is 1.39 bits per heavy atom. The third-order valence-electron chi connectivity index (χ3n) is 2.76. The molecule has 1 aliphatic heterocycles. The largest absolute Gasteiger partial charge is 0.344 e. The Kier molecular flexibility index (Phi) is 3.85. The number of allylic oxidation sites excluding steroid dienone is 1. The van der Waals surface area contributed by atoms with Crippen molar-refractivity contribution in [2.24, 2.45) is 4.99 Å². The van der Waals surface area contributed by atoms with E-state index in [0.29, 0.717) is 5.04 Å². The molecule has 0 aromatic heterocycles. The summed E-state index contributed by atoms with van der Waals surface area (Å²) in [6, 6.07) is 8.20. The van der Waals surface area contributed by atoms with E-state index >= 15 is 0 Å². The highest BCUT2D eigenvalue weighted by molar-refractivity contribution is 8.13. The van der Waals surface area contributed by atoms with E-state index < -0.39 is 0 Å². The Balaban J connectivity index is 2.38. The number of anilines is 1. The number of nitrogens with zero attached hydrogens (tertiary/aromatic N) is 3. The maximum atomic E-state index is 8.61. The molecule has 1 aromatic carbocycles. The summed E-state index contributed by atoms with van der Waals surface area (Å²) in [7, 11) is 2.01. The SMILES string of the molecule is CSC(C=C1C=Cc2ccccc2N1C)=NC#N. The summed E-state index contributed by atoms with van der Waals surface area (Å²) in [6.45, 7) is 0. The average Bonchev–Trinajstić information content (AvgIpc) is 2.41. The van der Waals surface area contributed by atoms with Crippen molar-refractivity contribution in [3.8, 4) is 6.19 Å². The first kappa shape index (κ1) is 12.5. The number of hydrogen-bond acceptors (Lipinski definition) is 4. The highest BCUT2D eigenvalue weighted by Gasteiger charge is 2.13. The maximum absolute atomic E-state index is 8.61. The summed E-state index contributed by atoms with van der Waals surface area (Å²) in [6.07, 6.45) is 9.76. The molecule has 3 nitrogen and oxygen atoms in total. The van der Waals surface area contributed by atoms with Crippen molar-refractivity contribution in [1.29, 1.82) is 5.26 Å². The van der Waals surface area contributed by atoms with Gasteiger partial charge in [-0.05, 0) is 30.0 Å². The second-order valence-corrected chi connectivity index (χ2v) is 4.60. The molecule has 1 aromatic rings. The van der Waals surface area contributed by atoms with E-state index in [9.17, 15) is 0 Å². The van der Waals surface area contributed by atoms with Crippen LogP contribution in [-0.4, -0.2) is 18.3 Å². The topological polar surface area (TPSA) is 39.4 Å². The van der Waals surface area contributed by atoms with Crippen molar-refractivity contribution in [2.75, 3.05) is 18.2 Å². The van der Waals surface area contributed by atoms with E-state index in [4.69, 9.17) is 5.26 Å². The number of thioether (sulfide) groups is 1. The first-order chi connectivity index (χ1) is 8.76. The number of aliphatic imine (C=N–C) groups is 1. The summed E-state index contributed by atoms with van der Waals surface area (Å²) in [4.78, 5) is 5.87. The van der Waals surface area contributed by atoms with Crippen LogP contribution in [0.2, 0.25) is 0 Å². The van der Waals surface area contributed by atoms with Crippen LogP contribution in [0.3, 0.4) is 0 Å². The Labute approximate surface area is 111 Å². The molecule has 4 heteroatoms. The smallest absolute Gasteiger partial charge is 0.206 e. The van der Waals surface area contributed by atoms with Crippen molar-refractivity contribution >= 4 is 28.6 Å². The average molecular weight is 255 g/mol. The Morgan fingerprint density at radius 2 is 2.17 bits per heavy atom. The fourth-order valence-electron chi connectivity index (χ4n) is 1.82. The van der Waals surface area contributed by atoms with Crippen LogP contribution in [0.15, 0.2) is 47.1 Å². The number of likely N-dealkylation sites (N-methyl/N-ethyl adjacent to an activating group) is 1. The molecule has 0 bridgehead atoms.